The summed E-state index contributed by atoms with van der Waals surface area (Å²) in [6.45, 7) is 3.51. The number of rotatable bonds is 5. The van der Waals surface area contributed by atoms with Gasteiger partial charge in [-0.05, 0) is 31.2 Å². The highest BCUT2D eigenvalue weighted by Crippen LogP contribution is 2.27. The molecule has 2 aromatic rings. The molecule has 0 aliphatic heterocycles. The molecule has 0 aliphatic rings. The van der Waals surface area contributed by atoms with Crippen LogP contribution < -0.4 is 5.73 Å². The smallest absolute Gasteiger partial charge is 0.0485 e. The van der Waals surface area contributed by atoms with Crippen LogP contribution in [0.4, 0.5) is 0 Å². The summed E-state index contributed by atoms with van der Waals surface area (Å²) in [6, 6.07) is 16.6. The van der Waals surface area contributed by atoms with Gasteiger partial charge >= 0.3 is 0 Å². The zero-order chi connectivity index (χ0) is 14.5. The molecule has 20 heavy (non-hydrogen) atoms. The first-order valence-electron chi connectivity index (χ1n) is 6.82. The highest BCUT2D eigenvalue weighted by Gasteiger charge is 2.17. The highest BCUT2D eigenvalue weighted by atomic mass is 35.5. The van der Waals surface area contributed by atoms with Crippen molar-refractivity contribution in [3.05, 3.63) is 70.2 Å². The Morgan fingerprint density at radius 1 is 1.15 bits per heavy atom. The van der Waals surface area contributed by atoms with Gasteiger partial charge in [-0.2, -0.15) is 0 Å². The van der Waals surface area contributed by atoms with Crippen molar-refractivity contribution >= 4 is 11.6 Å². The molecule has 0 fully saturated rings. The van der Waals surface area contributed by atoms with Gasteiger partial charge in [0.1, 0.15) is 0 Å². The molecule has 0 radical (unpaired) electrons. The lowest BCUT2D eigenvalue weighted by Crippen LogP contribution is -2.30. The Balaban J connectivity index is 2.18. The van der Waals surface area contributed by atoms with Crippen molar-refractivity contribution in [2.75, 3.05) is 13.6 Å². The van der Waals surface area contributed by atoms with Crippen LogP contribution in [-0.4, -0.2) is 18.5 Å². The molecule has 3 heteroatoms. The third-order valence-corrected chi connectivity index (χ3v) is 3.88. The van der Waals surface area contributed by atoms with Gasteiger partial charge in [-0.15, -0.1) is 0 Å². The maximum absolute atomic E-state index is 6.29. The van der Waals surface area contributed by atoms with Crippen LogP contribution in [0.5, 0.6) is 0 Å². The Bertz CT molecular complexity index is 568. The van der Waals surface area contributed by atoms with Crippen LogP contribution in [0.15, 0.2) is 48.5 Å². The third kappa shape index (κ3) is 3.60. The van der Waals surface area contributed by atoms with E-state index in [0.717, 1.165) is 17.1 Å². The predicted molar refractivity (Wildman–Crippen MR) is 85.9 cm³/mol. The van der Waals surface area contributed by atoms with Crippen molar-refractivity contribution in [2.24, 2.45) is 5.73 Å². The molecule has 1 unspecified atom stereocenters. The second-order valence-electron chi connectivity index (χ2n) is 5.18. The average Bonchev–Trinajstić information content (AvgIpc) is 2.41. The Hall–Kier alpha value is -1.35. The fraction of sp³-hybridized carbons (Fsp3) is 0.294. The van der Waals surface area contributed by atoms with Crippen molar-refractivity contribution in [3.8, 4) is 0 Å². The Labute approximate surface area is 126 Å². The van der Waals surface area contributed by atoms with Gasteiger partial charge in [-0.25, -0.2) is 0 Å². The molecule has 2 N–H and O–H groups in total. The normalized spacial score (nSPS) is 12.7. The van der Waals surface area contributed by atoms with E-state index in [1.165, 1.54) is 11.1 Å². The topological polar surface area (TPSA) is 29.3 Å². The number of nitrogens with zero attached hydrogens (tertiary/aromatic N) is 1. The summed E-state index contributed by atoms with van der Waals surface area (Å²) in [5.74, 6) is 0. The van der Waals surface area contributed by atoms with E-state index in [9.17, 15) is 0 Å². The molecule has 2 nitrogen and oxygen atoms in total. The number of hydrogen-bond acceptors (Lipinski definition) is 2. The summed E-state index contributed by atoms with van der Waals surface area (Å²) in [4.78, 5) is 2.25. The zero-order valence-corrected chi connectivity index (χ0v) is 12.8. The molecule has 106 valence electrons. The maximum atomic E-state index is 6.29. The molecule has 0 saturated heterocycles. The van der Waals surface area contributed by atoms with E-state index in [4.69, 9.17) is 17.3 Å². The molecule has 2 aromatic carbocycles. The van der Waals surface area contributed by atoms with Gasteiger partial charge in [0, 0.05) is 24.2 Å². The van der Waals surface area contributed by atoms with Crippen molar-refractivity contribution in [3.63, 3.8) is 0 Å². The van der Waals surface area contributed by atoms with E-state index >= 15 is 0 Å². The summed E-state index contributed by atoms with van der Waals surface area (Å²) in [7, 11) is 2.09. The lowest BCUT2D eigenvalue weighted by Gasteiger charge is -2.28. The predicted octanol–water partition coefficient (Wildman–Crippen LogP) is 3.78. The van der Waals surface area contributed by atoms with Gasteiger partial charge in [0.2, 0.25) is 0 Å². The average molecular weight is 289 g/mol. The summed E-state index contributed by atoms with van der Waals surface area (Å²) >= 11 is 6.29. The number of likely N-dealkylation sites (N-methyl/N-ethyl adjacent to an activating group) is 1. The van der Waals surface area contributed by atoms with Crippen molar-refractivity contribution < 1.29 is 0 Å². The summed E-state index contributed by atoms with van der Waals surface area (Å²) in [5, 5.41) is 0.777. The second kappa shape index (κ2) is 6.89. The fourth-order valence-electron chi connectivity index (χ4n) is 2.50. The number of hydrogen-bond donors (Lipinski definition) is 1. The first kappa shape index (κ1) is 15.0. The van der Waals surface area contributed by atoms with Gasteiger partial charge in [-0.3, -0.25) is 4.90 Å². The summed E-state index contributed by atoms with van der Waals surface area (Å²) in [5.41, 5.74) is 9.61. The number of nitrogens with two attached hydrogens (primary N) is 1. The van der Waals surface area contributed by atoms with Crippen molar-refractivity contribution in [1.29, 1.82) is 0 Å². The van der Waals surface area contributed by atoms with Crippen LogP contribution in [-0.2, 0) is 6.54 Å². The minimum Gasteiger partial charge on any atom is -0.329 e. The minimum absolute atomic E-state index is 0.129. The monoisotopic (exact) mass is 288 g/mol. The van der Waals surface area contributed by atoms with Crippen LogP contribution in [0.3, 0.4) is 0 Å². The molecule has 0 amide bonds. The first-order chi connectivity index (χ1) is 9.61. The fourth-order valence-corrected chi connectivity index (χ4v) is 2.76. The molecular weight excluding hydrogens is 268 g/mol. The van der Waals surface area contributed by atoms with Crippen LogP contribution in [0, 0.1) is 6.92 Å². The number of benzene rings is 2. The van der Waals surface area contributed by atoms with Crippen LogP contribution in [0.1, 0.15) is 22.7 Å². The van der Waals surface area contributed by atoms with Crippen LogP contribution in [0.2, 0.25) is 5.02 Å². The molecule has 2 rings (SSSR count). The SMILES string of the molecule is Cc1cccc(CN(C)C(CN)c2ccccc2Cl)c1. The molecular formula is C17H21ClN2. The molecule has 1 atom stereocenters. The van der Waals surface area contributed by atoms with Gasteiger partial charge in [0.25, 0.3) is 0 Å². The van der Waals surface area contributed by atoms with Gasteiger partial charge < -0.3 is 5.73 Å². The lowest BCUT2D eigenvalue weighted by atomic mass is 10.0. The van der Waals surface area contributed by atoms with E-state index in [-0.39, 0.29) is 6.04 Å². The minimum atomic E-state index is 0.129. The van der Waals surface area contributed by atoms with Gasteiger partial charge in [0.05, 0.1) is 0 Å². The standard InChI is InChI=1S/C17H21ClN2/c1-13-6-5-7-14(10-13)12-20(2)17(11-19)15-8-3-4-9-16(15)18/h3-10,17H,11-12,19H2,1-2H3. The summed E-state index contributed by atoms with van der Waals surface area (Å²) < 4.78 is 0. The molecule has 0 bridgehead atoms. The van der Waals surface area contributed by atoms with Crippen LogP contribution >= 0.6 is 11.6 Å². The van der Waals surface area contributed by atoms with E-state index < -0.39 is 0 Å². The molecule has 0 heterocycles. The largest absolute Gasteiger partial charge is 0.329 e. The van der Waals surface area contributed by atoms with E-state index in [2.05, 4.69) is 43.1 Å². The quantitative estimate of drug-likeness (QED) is 0.907. The number of aryl methyl sites for hydroxylation is 1. The van der Waals surface area contributed by atoms with Crippen molar-refractivity contribution in [1.82, 2.24) is 4.90 Å². The van der Waals surface area contributed by atoms with Crippen molar-refractivity contribution in [2.45, 2.75) is 19.5 Å². The van der Waals surface area contributed by atoms with Gasteiger partial charge in [0.15, 0.2) is 0 Å². The Kier molecular flexibility index (Phi) is 5.18. The van der Waals surface area contributed by atoms with Gasteiger partial charge in [-0.1, -0.05) is 59.6 Å². The van der Waals surface area contributed by atoms with E-state index in [0.29, 0.717) is 6.54 Å². The third-order valence-electron chi connectivity index (χ3n) is 3.53. The van der Waals surface area contributed by atoms with E-state index in [1.54, 1.807) is 0 Å². The Morgan fingerprint density at radius 2 is 1.90 bits per heavy atom. The summed E-state index contributed by atoms with van der Waals surface area (Å²) in [6.07, 6.45) is 0. The molecule has 0 aromatic heterocycles. The Morgan fingerprint density at radius 3 is 2.55 bits per heavy atom. The zero-order valence-electron chi connectivity index (χ0n) is 12.0. The second-order valence-corrected chi connectivity index (χ2v) is 5.58. The lowest BCUT2D eigenvalue weighted by molar-refractivity contribution is 0.242. The number of halogens is 1. The molecule has 0 aliphatic carbocycles. The maximum Gasteiger partial charge on any atom is 0.0485 e. The highest BCUT2D eigenvalue weighted by molar-refractivity contribution is 6.31. The molecule has 0 saturated carbocycles. The van der Waals surface area contributed by atoms with E-state index in [1.807, 2.05) is 24.3 Å². The molecule has 0 spiro atoms. The van der Waals surface area contributed by atoms with Crippen LogP contribution in [0.25, 0.3) is 0 Å². The first-order valence-corrected chi connectivity index (χ1v) is 7.20.